The number of alkyl halides is 8. The predicted molar refractivity (Wildman–Crippen MR) is 60.6 cm³/mol. The third-order valence-corrected chi connectivity index (χ3v) is 2.63. The zero-order valence-corrected chi connectivity index (χ0v) is 11.6. The first-order valence-electron chi connectivity index (χ1n) is 5.99. The van der Waals surface area contributed by atoms with Crippen molar-refractivity contribution in [1.82, 2.24) is 10.2 Å². The van der Waals surface area contributed by atoms with E-state index in [0.29, 0.717) is 6.04 Å². The number of carboxylic acids is 2. The fourth-order valence-electron chi connectivity index (χ4n) is 1.34. The van der Waals surface area contributed by atoms with Gasteiger partial charge in [0, 0.05) is 19.1 Å². The molecule has 2 heterocycles. The van der Waals surface area contributed by atoms with Crippen LogP contribution in [0.1, 0.15) is 0 Å². The summed E-state index contributed by atoms with van der Waals surface area (Å²) >= 11 is 0. The standard InChI is InChI=1S/C6H10F2N2.2C2HF3O2/c7-6(8)3-10(4-6)5-1-9-2-5;2*3-2(4,5)1(6)7/h5,9H,1-4H2;2*(H,6,7). The summed E-state index contributed by atoms with van der Waals surface area (Å²) in [6.45, 7) is 1.71. The van der Waals surface area contributed by atoms with E-state index in [1.807, 2.05) is 4.90 Å². The summed E-state index contributed by atoms with van der Waals surface area (Å²) in [5.74, 6) is -7.91. The van der Waals surface area contributed by atoms with Gasteiger partial charge in [-0.3, -0.25) is 4.90 Å². The van der Waals surface area contributed by atoms with Gasteiger partial charge in [0.2, 0.25) is 0 Å². The highest BCUT2D eigenvalue weighted by Crippen LogP contribution is 2.29. The second-order valence-corrected chi connectivity index (χ2v) is 4.68. The van der Waals surface area contributed by atoms with Gasteiger partial charge in [-0.1, -0.05) is 0 Å². The molecule has 2 rings (SSSR count). The molecule has 0 spiro atoms. The van der Waals surface area contributed by atoms with E-state index in [4.69, 9.17) is 19.8 Å². The number of rotatable bonds is 1. The molecule has 0 unspecified atom stereocenters. The summed E-state index contributed by atoms with van der Waals surface area (Å²) in [6.07, 6.45) is -10.2. The minimum atomic E-state index is -5.08. The molecule has 0 saturated carbocycles. The Balaban J connectivity index is 0.000000343. The highest BCUT2D eigenvalue weighted by atomic mass is 19.4. The van der Waals surface area contributed by atoms with Crippen LogP contribution in [0.3, 0.4) is 0 Å². The van der Waals surface area contributed by atoms with E-state index < -0.39 is 30.2 Å². The summed E-state index contributed by atoms with van der Waals surface area (Å²) in [5, 5.41) is 17.3. The molecule has 0 aromatic heterocycles. The van der Waals surface area contributed by atoms with E-state index in [-0.39, 0.29) is 13.1 Å². The Morgan fingerprint density at radius 2 is 1.21 bits per heavy atom. The van der Waals surface area contributed by atoms with Gasteiger partial charge in [-0.15, -0.1) is 0 Å². The van der Waals surface area contributed by atoms with Crippen molar-refractivity contribution in [2.45, 2.75) is 24.3 Å². The maximum atomic E-state index is 12.2. The molecule has 2 aliphatic heterocycles. The fourth-order valence-corrected chi connectivity index (χ4v) is 1.34. The quantitative estimate of drug-likeness (QED) is 0.596. The van der Waals surface area contributed by atoms with Crippen LogP contribution in [0.5, 0.6) is 0 Å². The van der Waals surface area contributed by atoms with Crippen molar-refractivity contribution in [3.8, 4) is 0 Å². The van der Waals surface area contributed by atoms with Crippen LogP contribution in [-0.4, -0.2) is 77.5 Å². The number of halogens is 8. The highest BCUT2D eigenvalue weighted by molar-refractivity contribution is 5.73. The first-order valence-corrected chi connectivity index (χ1v) is 5.99. The summed E-state index contributed by atoms with van der Waals surface area (Å²) in [5.41, 5.74) is 0. The molecule has 24 heavy (non-hydrogen) atoms. The molecule has 0 radical (unpaired) electrons. The Morgan fingerprint density at radius 1 is 0.917 bits per heavy atom. The number of nitrogens with one attached hydrogen (secondary N) is 1. The lowest BCUT2D eigenvalue weighted by Crippen LogP contribution is -2.68. The Morgan fingerprint density at radius 3 is 1.33 bits per heavy atom. The largest absolute Gasteiger partial charge is 0.490 e. The molecule has 0 bridgehead atoms. The lowest BCUT2D eigenvalue weighted by Gasteiger charge is -2.47. The molecular formula is C10H12F8N2O4. The molecule has 14 heteroatoms. The zero-order chi connectivity index (χ0) is 19.3. The molecule has 142 valence electrons. The summed E-state index contributed by atoms with van der Waals surface area (Å²) in [7, 11) is 0. The van der Waals surface area contributed by atoms with Crippen molar-refractivity contribution in [3.05, 3.63) is 0 Å². The van der Waals surface area contributed by atoms with Crippen LogP contribution in [0, 0.1) is 0 Å². The summed E-state index contributed by atoms with van der Waals surface area (Å²) in [4.78, 5) is 19.6. The van der Waals surface area contributed by atoms with Crippen LogP contribution >= 0.6 is 0 Å². The first-order chi connectivity index (χ1) is 10.6. The second kappa shape index (κ2) is 7.92. The number of carbonyl (C=O) groups is 2. The van der Waals surface area contributed by atoms with E-state index in [2.05, 4.69) is 5.32 Å². The molecular weight excluding hydrogens is 364 g/mol. The van der Waals surface area contributed by atoms with E-state index in [1.54, 1.807) is 0 Å². The average molecular weight is 376 g/mol. The summed E-state index contributed by atoms with van der Waals surface area (Å²) in [6, 6.07) is 0.389. The van der Waals surface area contributed by atoms with E-state index in [9.17, 15) is 35.1 Å². The fraction of sp³-hybridized carbons (Fsp3) is 0.800. The van der Waals surface area contributed by atoms with Crippen LogP contribution in [0.2, 0.25) is 0 Å². The van der Waals surface area contributed by atoms with Crippen molar-refractivity contribution in [2.75, 3.05) is 26.2 Å². The van der Waals surface area contributed by atoms with Gasteiger partial charge in [0.25, 0.3) is 5.92 Å². The molecule has 6 nitrogen and oxygen atoms in total. The molecule has 0 aliphatic carbocycles. The van der Waals surface area contributed by atoms with Crippen LogP contribution in [0.15, 0.2) is 0 Å². The van der Waals surface area contributed by atoms with Gasteiger partial charge in [-0.2, -0.15) is 26.3 Å². The topological polar surface area (TPSA) is 89.9 Å². The second-order valence-electron chi connectivity index (χ2n) is 4.68. The Kier molecular flexibility index (Phi) is 7.35. The molecule has 2 saturated heterocycles. The number of likely N-dealkylation sites (tertiary alicyclic amines) is 1. The number of nitrogens with zero attached hydrogens (tertiary/aromatic N) is 1. The van der Waals surface area contributed by atoms with Crippen molar-refractivity contribution in [2.24, 2.45) is 0 Å². The average Bonchev–Trinajstić information content (AvgIpc) is 2.22. The van der Waals surface area contributed by atoms with Crippen LogP contribution in [0.4, 0.5) is 35.1 Å². The normalized spacial score (nSPS) is 20.3. The Hall–Kier alpha value is -1.70. The predicted octanol–water partition coefficient (Wildman–Crippen LogP) is 1.18. The van der Waals surface area contributed by atoms with Gasteiger partial charge in [0.1, 0.15) is 0 Å². The van der Waals surface area contributed by atoms with Crippen LogP contribution in [-0.2, 0) is 9.59 Å². The maximum absolute atomic E-state index is 12.2. The van der Waals surface area contributed by atoms with E-state index in [0.717, 1.165) is 13.1 Å². The van der Waals surface area contributed by atoms with Crippen molar-refractivity contribution >= 4 is 11.9 Å². The van der Waals surface area contributed by atoms with Gasteiger partial charge >= 0.3 is 24.3 Å². The van der Waals surface area contributed by atoms with E-state index >= 15 is 0 Å². The van der Waals surface area contributed by atoms with Crippen LogP contribution in [0.25, 0.3) is 0 Å². The monoisotopic (exact) mass is 376 g/mol. The number of hydrogen-bond donors (Lipinski definition) is 3. The van der Waals surface area contributed by atoms with Gasteiger partial charge in [0.05, 0.1) is 13.1 Å². The van der Waals surface area contributed by atoms with Crippen LogP contribution < -0.4 is 5.32 Å². The summed E-state index contributed by atoms with van der Waals surface area (Å²) < 4.78 is 88.0. The van der Waals surface area contributed by atoms with Gasteiger partial charge in [-0.25, -0.2) is 18.4 Å². The lowest BCUT2D eigenvalue weighted by atomic mass is 10.0. The van der Waals surface area contributed by atoms with Gasteiger partial charge in [0.15, 0.2) is 0 Å². The van der Waals surface area contributed by atoms with Gasteiger partial charge in [-0.05, 0) is 0 Å². The van der Waals surface area contributed by atoms with Crippen molar-refractivity contribution in [3.63, 3.8) is 0 Å². The minimum Gasteiger partial charge on any atom is -0.475 e. The van der Waals surface area contributed by atoms with Gasteiger partial charge < -0.3 is 15.5 Å². The molecule has 2 aliphatic rings. The zero-order valence-electron chi connectivity index (χ0n) is 11.6. The third kappa shape index (κ3) is 8.24. The molecule has 0 aromatic rings. The van der Waals surface area contributed by atoms with E-state index in [1.165, 1.54) is 0 Å². The lowest BCUT2D eigenvalue weighted by molar-refractivity contribution is -0.193. The molecule has 0 atom stereocenters. The SMILES string of the molecule is FC1(F)CN(C2CNC2)C1.O=C(O)C(F)(F)F.O=C(O)C(F)(F)F. The Labute approximate surface area is 129 Å². The number of hydrogen-bond acceptors (Lipinski definition) is 4. The maximum Gasteiger partial charge on any atom is 0.490 e. The third-order valence-electron chi connectivity index (χ3n) is 2.63. The highest BCUT2D eigenvalue weighted by Gasteiger charge is 2.47. The smallest absolute Gasteiger partial charge is 0.475 e. The number of carboxylic acid groups (broad SMARTS) is 2. The molecule has 2 fully saturated rings. The van der Waals surface area contributed by atoms with Crippen molar-refractivity contribution in [1.29, 1.82) is 0 Å². The number of aliphatic carboxylic acids is 2. The molecule has 3 N–H and O–H groups in total. The Bertz CT molecular complexity index is 415. The minimum absolute atomic E-state index is 0.0284. The molecule has 0 aromatic carbocycles. The first kappa shape index (κ1) is 22.3. The molecule has 0 amide bonds. The van der Waals surface area contributed by atoms with Crippen molar-refractivity contribution < 1.29 is 54.9 Å².